The van der Waals surface area contributed by atoms with Crippen LogP contribution in [-0.2, 0) is 4.79 Å². The molecule has 1 amide bonds. The summed E-state index contributed by atoms with van der Waals surface area (Å²) in [6, 6.07) is 3.93. The Labute approximate surface area is 162 Å². The van der Waals surface area contributed by atoms with Gasteiger partial charge in [-0.05, 0) is 17.2 Å². The van der Waals surface area contributed by atoms with Crippen LogP contribution in [0.4, 0.5) is 5.13 Å². The molecule has 1 aliphatic rings. The molecule has 1 aliphatic heterocycles. The van der Waals surface area contributed by atoms with E-state index in [1.165, 1.54) is 11.3 Å². The lowest BCUT2D eigenvalue weighted by atomic mass is 10.0. The molecule has 26 heavy (non-hydrogen) atoms. The highest BCUT2D eigenvalue weighted by atomic mass is 32.2. The summed E-state index contributed by atoms with van der Waals surface area (Å²) >= 11 is 4.59. The fraction of sp³-hybridized carbons (Fsp3) is 0.400. The van der Waals surface area contributed by atoms with E-state index in [0.717, 1.165) is 28.1 Å². The van der Waals surface area contributed by atoms with E-state index in [0.29, 0.717) is 23.4 Å². The van der Waals surface area contributed by atoms with E-state index in [-0.39, 0.29) is 11.8 Å². The third-order valence-corrected chi connectivity index (χ3v) is 6.50. The largest absolute Gasteiger partial charge is 0.339 e. The van der Waals surface area contributed by atoms with Gasteiger partial charge in [0.1, 0.15) is 0 Å². The number of hydrogen-bond acceptors (Lipinski definition) is 10. The average molecular weight is 409 g/mol. The van der Waals surface area contributed by atoms with Gasteiger partial charge in [0, 0.05) is 13.1 Å². The normalized spacial score (nSPS) is 15.1. The van der Waals surface area contributed by atoms with Crippen molar-refractivity contribution in [3.8, 4) is 10.7 Å². The molecule has 1 N–H and O–H groups in total. The number of amides is 1. The lowest BCUT2D eigenvalue weighted by molar-refractivity contribution is -0.118. The van der Waals surface area contributed by atoms with Gasteiger partial charge in [-0.3, -0.25) is 15.0 Å². The van der Waals surface area contributed by atoms with Crippen LogP contribution in [0.25, 0.3) is 10.7 Å². The minimum absolute atomic E-state index is 0.0857. The Kier molecular flexibility index (Phi) is 5.29. The van der Waals surface area contributed by atoms with E-state index in [2.05, 4.69) is 32.6 Å². The summed E-state index contributed by atoms with van der Waals surface area (Å²) in [6.45, 7) is 3.83. The highest BCUT2D eigenvalue weighted by Crippen LogP contribution is 2.29. The summed E-state index contributed by atoms with van der Waals surface area (Å²) in [5, 5.41) is 17.4. The summed E-state index contributed by atoms with van der Waals surface area (Å²) in [7, 11) is 0. The van der Waals surface area contributed by atoms with Crippen LogP contribution < -0.4 is 5.32 Å². The second-order valence-electron chi connectivity index (χ2n) is 5.68. The smallest absolute Gasteiger partial charge is 0.240 e. The predicted molar refractivity (Wildman–Crippen MR) is 102 cm³/mol. The quantitative estimate of drug-likeness (QED) is 0.471. The first-order valence-electron chi connectivity index (χ1n) is 8.07. The number of rotatable bonds is 7. The van der Waals surface area contributed by atoms with E-state index in [1.807, 2.05) is 22.4 Å². The monoisotopic (exact) mass is 408 g/mol. The van der Waals surface area contributed by atoms with Crippen LogP contribution in [0.2, 0.25) is 0 Å². The van der Waals surface area contributed by atoms with Gasteiger partial charge < -0.3 is 4.52 Å². The molecule has 0 aromatic carbocycles. The number of thioether (sulfide) groups is 1. The molecule has 1 fully saturated rings. The molecule has 4 heterocycles. The van der Waals surface area contributed by atoms with Crippen LogP contribution in [0.1, 0.15) is 18.7 Å². The third-order valence-electron chi connectivity index (χ3n) is 3.78. The number of carbonyl (C=O) groups excluding carboxylic acids is 1. The SMILES string of the molecule is CCSc1nnc(NC(=O)CN2CC(c3nc(-c4cccs4)no3)C2)s1. The van der Waals surface area contributed by atoms with Gasteiger partial charge in [0.25, 0.3) is 0 Å². The summed E-state index contributed by atoms with van der Waals surface area (Å²) in [6.07, 6.45) is 0. The number of nitrogens with zero attached hydrogens (tertiary/aromatic N) is 5. The Bertz CT molecular complexity index is 872. The summed E-state index contributed by atoms with van der Waals surface area (Å²) < 4.78 is 6.23. The fourth-order valence-corrected chi connectivity index (χ4v) is 4.88. The van der Waals surface area contributed by atoms with Gasteiger partial charge in [0.15, 0.2) is 4.34 Å². The predicted octanol–water partition coefficient (Wildman–Crippen LogP) is 2.80. The number of anilines is 1. The summed E-state index contributed by atoms with van der Waals surface area (Å²) in [5.74, 6) is 2.29. The molecule has 0 unspecified atom stereocenters. The molecular formula is C15H16N6O2S3. The molecule has 3 aromatic rings. The average Bonchev–Trinajstić information content (AvgIpc) is 3.32. The zero-order valence-corrected chi connectivity index (χ0v) is 16.4. The van der Waals surface area contributed by atoms with Crippen molar-refractivity contribution < 1.29 is 9.32 Å². The standard InChI is InChI=1S/C15H16N6O2S3/c1-2-24-15-19-18-14(26-15)16-11(22)8-21-6-9(7-21)13-17-12(20-23-13)10-4-3-5-25-10/h3-5,9H,2,6-8H2,1H3,(H,16,18,22). The van der Waals surface area contributed by atoms with E-state index in [9.17, 15) is 4.79 Å². The molecule has 0 bridgehead atoms. The molecule has 3 aromatic heterocycles. The van der Waals surface area contributed by atoms with Crippen LogP contribution in [-0.4, -0.2) is 56.5 Å². The zero-order chi connectivity index (χ0) is 17.9. The van der Waals surface area contributed by atoms with Crippen LogP contribution in [0, 0.1) is 0 Å². The minimum atomic E-state index is -0.0857. The van der Waals surface area contributed by atoms with E-state index in [1.54, 1.807) is 23.1 Å². The van der Waals surface area contributed by atoms with Gasteiger partial charge in [-0.2, -0.15) is 4.98 Å². The molecule has 4 rings (SSSR count). The Morgan fingerprint density at radius 2 is 2.35 bits per heavy atom. The van der Waals surface area contributed by atoms with Crippen molar-refractivity contribution in [1.29, 1.82) is 0 Å². The number of nitrogens with one attached hydrogen (secondary N) is 1. The Morgan fingerprint density at radius 3 is 3.12 bits per heavy atom. The number of hydrogen-bond donors (Lipinski definition) is 1. The van der Waals surface area contributed by atoms with Crippen molar-refractivity contribution in [2.45, 2.75) is 17.2 Å². The lowest BCUT2D eigenvalue weighted by Gasteiger charge is -2.36. The molecule has 0 radical (unpaired) electrons. The van der Waals surface area contributed by atoms with Crippen LogP contribution in [0.3, 0.4) is 0 Å². The minimum Gasteiger partial charge on any atom is -0.339 e. The van der Waals surface area contributed by atoms with Gasteiger partial charge in [-0.1, -0.05) is 41.2 Å². The van der Waals surface area contributed by atoms with Gasteiger partial charge in [-0.15, -0.1) is 21.5 Å². The molecule has 0 saturated carbocycles. The summed E-state index contributed by atoms with van der Waals surface area (Å²) in [5.41, 5.74) is 0. The Hall–Kier alpha value is -1.82. The van der Waals surface area contributed by atoms with Crippen molar-refractivity contribution >= 4 is 45.5 Å². The first-order chi connectivity index (χ1) is 12.7. The topological polar surface area (TPSA) is 97.0 Å². The van der Waals surface area contributed by atoms with Crippen molar-refractivity contribution in [2.24, 2.45) is 0 Å². The van der Waals surface area contributed by atoms with Gasteiger partial charge in [-0.25, -0.2) is 0 Å². The second kappa shape index (κ2) is 7.82. The van der Waals surface area contributed by atoms with Crippen molar-refractivity contribution in [3.63, 3.8) is 0 Å². The molecule has 11 heteroatoms. The molecular weight excluding hydrogens is 392 g/mol. The van der Waals surface area contributed by atoms with Gasteiger partial charge >= 0.3 is 0 Å². The van der Waals surface area contributed by atoms with E-state index < -0.39 is 0 Å². The van der Waals surface area contributed by atoms with Crippen molar-refractivity contribution in [1.82, 2.24) is 25.2 Å². The van der Waals surface area contributed by atoms with E-state index >= 15 is 0 Å². The number of likely N-dealkylation sites (tertiary alicyclic amines) is 1. The van der Waals surface area contributed by atoms with Crippen LogP contribution in [0.5, 0.6) is 0 Å². The molecule has 0 aliphatic carbocycles. The maximum Gasteiger partial charge on any atom is 0.240 e. The first-order valence-corrected chi connectivity index (χ1v) is 10.8. The highest BCUT2D eigenvalue weighted by molar-refractivity contribution is 8.01. The van der Waals surface area contributed by atoms with Gasteiger partial charge in [0.05, 0.1) is 17.3 Å². The first kappa shape index (κ1) is 17.6. The molecule has 136 valence electrons. The van der Waals surface area contributed by atoms with Gasteiger partial charge in [0.2, 0.25) is 22.8 Å². The number of carbonyl (C=O) groups is 1. The summed E-state index contributed by atoms with van der Waals surface area (Å²) in [4.78, 5) is 19.6. The molecule has 0 atom stereocenters. The van der Waals surface area contributed by atoms with E-state index in [4.69, 9.17) is 4.52 Å². The number of thiophene rings is 1. The maximum absolute atomic E-state index is 12.1. The van der Waals surface area contributed by atoms with Crippen LogP contribution >= 0.6 is 34.4 Å². The van der Waals surface area contributed by atoms with Crippen molar-refractivity contribution in [3.05, 3.63) is 23.4 Å². The third kappa shape index (κ3) is 3.95. The fourth-order valence-electron chi connectivity index (χ4n) is 2.57. The highest BCUT2D eigenvalue weighted by Gasteiger charge is 2.33. The molecule has 8 nitrogen and oxygen atoms in total. The second-order valence-corrected chi connectivity index (χ2v) is 9.12. The zero-order valence-electron chi connectivity index (χ0n) is 13.9. The Morgan fingerprint density at radius 1 is 1.46 bits per heavy atom. The van der Waals surface area contributed by atoms with Crippen LogP contribution in [0.15, 0.2) is 26.4 Å². The van der Waals surface area contributed by atoms with Crippen molar-refractivity contribution in [2.75, 3.05) is 30.7 Å². The lowest BCUT2D eigenvalue weighted by Crippen LogP contribution is -2.48. The Balaban J connectivity index is 1.25. The molecule has 1 saturated heterocycles. The molecule has 0 spiro atoms. The maximum atomic E-state index is 12.1. The number of aromatic nitrogens is 4.